The van der Waals surface area contributed by atoms with Crippen molar-refractivity contribution in [1.82, 2.24) is 15.1 Å². The molecule has 0 radical (unpaired) electrons. The Morgan fingerprint density at radius 2 is 1.92 bits per heavy atom. The van der Waals surface area contributed by atoms with Gasteiger partial charge in [-0.05, 0) is 51.7 Å². The van der Waals surface area contributed by atoms with Gasteiger partial charge >= 0.3 is 0 Å². The first kappa shape index (κ1) is 17.7. The fraction of sp³-hybridized carbons (Fsp3) is 0.524. The number of carbonyl (C=O) groups excluding carboxylic acids is 1. The molecule has 2 aromatic rings. The summed E-state index contributed by atoms with van der Waals surface area (Å²) in [6.07, 6.45) is 9.73. The maximum atomic E-state index is 12.8. The van der Waals surface area contributed by atoms with Crippen LogP contribution in [-0.4, -0.2) is 21.7 Å². The molecule has 4 nitrogen and oxygen atoms in total. The first-order valence-electron chi connectivity index (χ1n) is 9.31. The smallest absolute Gasteiger partial charge is 0.247 e. The van der Waals surface area contributed by atoms with Crippen LogP contribution in [0.4, 0.5) is 0 Å². The van der Waals surface area contributed by atoms with Crippen LogP contribution in [0.15, 0.2) is 30.6 Å². The summed E-state index contributed by atoms with van der Waals surface area (Å²) in [5.74, 6) is 0.0506. The highest BCUT2D eigenvalue weighted by atomic mass is 16.2. The number of nitrogens with zero attached hydrogens (tertiary/aromatic N) is 2. The Morgan fingerprint density at radius 3 is 2.60 bits per heavy atom. The third-order valence-electron chi connectivity index (χ3n) is 5.34. The Hall–Kier alpha value is -2.10. The van der Waals surface area contributed by atoms with Crippen LogP contribution >= 0.6 is 0 Å². The lowest BCUT2D eigenvalue weighted by atomic mass is 9.94. The molecular weight excluding hydrogens is 310 g/mol. The van der Waals surface area contributed by atoms with Gasteiger partial charge in [0.15, 0.2) is 0 Å². The largest absolute Gasteiger partial charge is 0.351 e. The highest BCUT2D eigenvalue weighted by Gasteiger charge is 2.32. The number of hydrogen-bond donors (Lipinski definition) is 1. The zero-order chi connectivity index (χ0) is 18.0. The molecule has 25 heavy (non-hydrogen) atoms. The quantitative estimate of drug-likeness (QED) is 0.900. The van der Waals surface area contributed by atoms with E-state index >= 15 is 0 Å². The summed E-state index contributed by atoms with van der Waals surface area (Å²) >= 11 is 0. The summed E-state index contributed by atoms with van der Waals surface area (Å²) in [6, 6.07) is 6.73. The average molecular weight is 339 g/mol. The van der Waals surface area contributed by atoms with Gasteiger partial charge in [-0.3, -0.25) is 9.48 Å². The molecule has 0 spiro atoms. The SMILES string of the molecule is Cc1ccc(-c2cnn(C(C)(C)C(=O)NC3CCCCC3)c2)c(C)c1. The maximum absolute atomic E-state index is 12.8. The van der Waals surface area contributed by atoms with E-state index in [4.69, 9.17) is 0 Å². The molecule has 1 amide bonds. The van der Waals surface area contributed by atoms with Crippen LogP contribution in [0, 0.1) is 13.8 Å². The van der Waals surface area contributed by atoms with E-state index in [0.717, 1.165) is 18.4 Å². The molecule has 1 heterocycles. The van der Waals surface area contributed by atoms with Gasteiger partial charge < -0.3 is 5.32 Å². The lowest BCUT2D eigenvalue weighted by Gasteiger charge is -2.29. The van der Waals surface area contributed by atoms with Gasteiger partial charge in [-0.15, -0.1) is 0 Å². The average Bonchev–Trinajstić information content (AvgIpc) is 3.06. The van der Waals surface area contributed by atoms with Crippen molar-refractivity contribution >= 4 is 5.91 Å². The molecule has 0 atom stereocenters. The highest BCUT2D eigenvalue weighted by molar-refractivity contribution is 5.84. The van der Waals surface area contributed by atoms with Crippen molar-refractivity contribution in [2.75, 3.05) is 0 Å². The number of hydrogen-bond acceptors (Lipinski definition) is 2. The van der Waals surface area contributed by atoms with Gasteiger partial charge in [0.25, 0.3) is 0 Å². The van der Waals surface area contributed by atoms with Crippen LogP contribution in [0.3, 0.4) is 0 Å². The Kier molecular flexibility index (Phi) is 4.98. The first-order valence-corrected chi connectivity index (χ1v) is 9.31. The van der Waals surface area contributed by atoms with Crippen LogP contribution in [0.1, 0.15) is 57.1 Å². The van der Waals surface area contributed by atoms with Gasteiger partial charge in [-0.1, -0.05) is 43.0 Å². The van der Waals surface area contributed by atoms with Gasteiger partial charge in [0.2, 0.25) is 5.91 Å². The molecule has 1 fully saturated rings. The topological polar surface area (TPSA) is 46.9 Å². The zero-order valence-electron chi connectivity index (χ0n) is 15.8. The molecule has 1 aromatic carbocycles. The predicted molar refractivity (Wildman–Crippen MR) is 101 cm³/mol. The minimum atomic E-state index is -0.700. The number of benzene rings is 1. The molecule has 134 valence electrons. The number of aryl methyl sites for hydroxylation is 2. The third-order valence-corrected chi connectivity index (χ3v) is 5.34. The molecule has 1 aliphatic carbocycles. The minimum absolute atomic E-state index is 0.0506. The van der Waals surface area contributed by atoms with Crippen LogP contribution < -0.4 is 5.32 Å². The van der Waals surface area contributed by atoms with Gasteiger partial charge in [0.1, 0.15) is 5.54 Å². The fourth-order valence-corrected chi connectivity index (χ4v) is 3.62. The first-order chi connectivity index (χ1) is 11.9. The van der Waals surface area contributed by atoms with Crippen LogP contribution in [0.5, 0.6) is 0 Å². The molecule has 3 rings (SSSR count). The third kappa shape index (κ3) is 3.78. The molecule has 0 bridgehead atoms. The summed E-state index contributed by atoms with van der Waals surface area (Å²) in [5, 5.41) is 7.72. The van der Waals surface area contributed by atoms with E-state index in [1.54, 1.807) is 4.68 Å². The van der Waals surface area contributed by atoms with Gasteiger partial charge in [0, 0.05) is 17.8 Å². The van der Waals surface area contributed by atoms with Crippen molar-refractivity contribution < 1.29 is 4.79 Å². The van der Waals surface area contributed by atoms with Crippen molar-refractivity contribution in [2.45, 2.75) is 71.4 Å². The molecule has 1 N–H and O–H groups in total. The summed E-state index contributed by atoms with van der Waals surface area (Å²) in [4.78, 5) is 12.8. The molecule has 4 heteroatoms. The van der Waals surface area contributed by atoms with E-state index in [-0.39, 0.29) is 5.91 Å². The second-order valence-electron chi connectivity index (χ2n) is 7.86. The molecule has 1 aliphatic rings. The van der Waals surface area contributed by atoms with Crippen molar-refractivity contribution in [3.8, 4) is 11.1 Å². The van der Waals surface area contributed by atoms with E-state index in [1.807, 2.05) is 26.2 Å². The molecule has 0 aliphatic heterocycles. The Bertz CT molecular complexity index is 754. The Labute approximate surface area is 150 Å². The maximum Gasteiger partial charge on any atom is 0.247 e. The number of rotatable bonds is 4. The number of nitrogens with one attached hydrogen (secondary N) is 1. The van der Waals surface area contributed by atoms with E-state index < -0.39 is 5.54 Å². The summed E-state index contributed by atoms with van der Waals surface area (Å²) in [5.41, 5.74) is 4.00. The number of amides is 1. The number of aromatic nitrogens is 2. The van der Waals surface area contributed by atoms with Crippen molar-refractivity contribution in [1.29, 1.82) is 0 Å². The lowest BCUT2D eigenvalue weighted by Crippen LogP contribution is -2.49. The molecule has 1 saturated carbocycles. The Balaban J connectivity index is 1.78. The van der Waals surface area contributed by atoms with Crippen LogP contribution in [0.25, 0.3) is 11.1 Å². The molecule has 0 saturated heterocycles. The van der Waals surface area contributed by atoms with Crippen LogP contribution in [0.2, 0.25) is 0 Å². The predicted octanol–water partition coefficient (Wildman–Crippen LogP) is 4.35. The van der Waals surface area contributed by atoms with Crippen molar-refractivity contribution in [3.05, 3.63) is 41.7 Å². The second-order valence-corrected chi connectivity index (χ2v) is 7.86. The molecular formula is C21H29N3O. The van der Waals surface area contributed by atoms with Crippen LogP contribution in [-0.2, 0) is 10.3 Å². The number of carbonyl (C=O) groups is 1. The second kappa shape index (κ2) is 7.03. The summed E-state index contributed by atoms with van der Waals surface area (Å²) < 4.78 is 1.79. The fourth-order valence-electron chi connectivity index (χ4n) is 3.62. The standard InChI is InChI=1S/C21H29N3O/c1-15-10-11-19(16(2)12-15)17-13-22-24(14-17)21(3,4)20(25)23-18-8-6-5-7-9-18/h10-14,18H,5-9H2,1-4H3,(H,23,25). The van der Waals surface area contributed by atoms with Gasteiger partial charge in [0.05, 0.1) is 6.20 Å². The Morgan fingerprint density at radius 1 is 1.20 bits per heavy atom. The van der Waals surface area contributed by atoms with E-state index in [1.165, 1.54) is 36.0 Å². The highest BCUT2D eigenvalue weighted by Crippen LogP contribution is 2.26. The molecule has 0 unspecified atom stereocenters. The van der Waals surface area contributed by atoms with E-state index in [0.29, 0.717) is 6.04 Å². The van der Waals surface area contributed by atoms with E-state index in [2.05, 4.69) is 42.5 Å². The van der Waals surface area contributed by atoms with Crippen molar-refractivity contribution in [2.24, 2.45) is 0 Å². The summed E-state index contributed by atoms with van der Waals surface area (Å²) in [7, 11) is 0. The van der Waals surface area contributed by atoms with Gasteiger partial charge in [-0.25, -0.2) is 0 Å². The van der Waals surface area contributed by atoms with Crippen molar-refractivity contribution in [3.63, 3.8) is 0 Å². The summed E-state index contributed by atoms with van der Waals surface area (Å²) in [6.45, 7) is 8.08. The molecule has 1 aromatic heterocycles. The lowest BCUT2D eigenvalue weighted by molar-refractivity contribution is -0.129. The monoisotopic (exact) mass is 339 g/mol. The normalized spacial score (nSPS) is 16.0. The van der Waals surface area contributed by atoms with E-state index in [9.17, 15) is 4.79 Å². The zero-order valence-corrected chi connectivity index (χ0v) is 15.8. The van der Waals surface area contributed by atoms with Gasteiger partial charge in [-0.2, -0.15) is 5.10 Å². The minimum Gasteiger partial charge on any atom is -0.351 e.